The Bertz CT molecular complexity index is 497. The molecular weight excluding hydrogens is 262 g/mol. The molecular formula is C17H25N3O. The van der Waals surface area contributed by atoms with Gasteiger partial charge in [0.1, 0.15) is 0 Å². The summed E-state index contributed by atoms with van der Waals surface area (Å²) in [5.41, 5.74) is 2.29. The maximum absolute atomic E-state index is 12.1. The molecule has 1 fully saturated rings. The van der Waals surface area contributed by atoms with E-state index < -0.39 is 0 Å². The van der Waals surface area contributed by atoms with Crippen molar-refractivity contribution in [2.24, 2.45) is 0 Å². The average molecular weight is 287 g/mol. The van der Waals surface area contributed by atoms with E-state index in [9.17, 15) is 4.79 Å². The average Bonchev–Trinajstić information content (AvgIpc) is 2.53. The van der Waals surface area contributed by atoms with E-state index in [4.69, 9.17) is 0 Å². The van der Waals surface area contributed by atoms with Crippen LogP contribution in [-0.4, -0.2) is 44.0 Å². The lowest BCUT2D eigenvalue weighted by Gasteiger charge is -2.33. The van der Waals surface area contributed by atoms with Crippen molar-refractivity contribution in [3.8, 4) is 0 Å². The molecule has 114 valence electrons. The van der Waals surface area contributed by atoms with Crippen LogP contribution in [0.5, 0.6) is 0 Å². The highest BCUT2D eigenvalue weighted by Gasteiger charge is 2.28. The second kappa shape index (κ2) is 6.58. The Morgan fingerprint density at radius 2 is 1.95 bits per heavy atom. The van der Waals surface area contributed by atoms with Crippen LogP contribution in [0.4, 0.5) is 5.69 Å². The number of likely N-dealkylation sites (tertiary alicyclic amines) is 1. The standard InChI is InChI=1S/C17H25N3O/c1-19-16-8-4-3-7-14(16)15(13-17(19)21)18-9-12-20-10-5-2-6-11-20/h3-4,7-8,15,18H,2,5-6,9-13H2,1H3. The first-order valence-corrected chi connectivity index (χ1v) is 8.07. The van der Waals surface area contributed by atoms with Crippen molar-refractivity contribution in [2.45, 2.75) is 31.7 Å². The molecule has 2 aliphatic heterocycles. The second-order valence-corrected chi connectivity index (χ2v) is 6.12. The van der Waals surface area contributed by atoms with E-state index in [2.05, 4.69) is 22.3 Å². The molecule has 1 amide bonds. The Balaban J connectivity index is 1.60. The van der Waals surface area contributed by atoms with Crippen LogP contribution in [0.15, 0.2) is 24.3 Å². The van der Waals surface area contributed by atoms with Crippen molar-refractivity contribution in [2.75, 3.05) is 38.1 Å². The SMILES string of the molecule is CN1C(=O)CC(NCCN2CCCCC2)c2ccccc21. The summed E-state index contributed by atoms with van der Waals surface area (Å²) >= 11 is 0. The van der Waals surface area contributed by atoms with Crippen LogP contribution in [0.2, 0.25) is 0 Å². The first kappa shape index (κ1) is 14.5. The van der Waals surface area contributed by atoms with Gasteiger partial charge < -0.3 is 15.1 Å². The van der Waals surface area contributed by atoms with Gasteiger partial charge >= 0.3 is 0 Å². The number of hydrogen-bond donors (Lipinski definition) is 1. The molecule has 4 nitrogen and oxygen atoms in total. The van der Waals surface area contributed by atoms with Gasteiger partial charge in [-0.25, -0.2) is 0 Å². The molecule has 1 unspecified atom stereocenters. The molecule has 2 heterocycles. The Morgan fingerprint density at radius 1 is 1.19 bits per heavy atom. The van der Waals surface area contributed by atoms with Crippen LogP contribution in [0, 0.1) is 0 Å². The number of benzene rings is 1. The van der Waals surface area contributed by atoms with Gasteiger partial charge in [0.25, 0.3) is 0 Å². The number of para-hydroxylation sites is 1. The van der Waals surface area contributed by atoms with Gasteiger partial charge in [-0.2, -0.15) is 0 Å². The summed E-state index contributed by atoms with van der Waals surface area (Å²) in [6.45, 7) is 4.49. The maximum Gasteiger partial charge on any atom is 0.228 e. The highest BCUT2D eigenvalue weighted by molar-refractivity contribution is 5.96. The van der Waals surface area contributed by atoms with Crippen molar-refractivity contribution < 1.29 is 4.79 Å². The fraction of sp³-hybridized carbons (Fsp3) is 0.588. The third-order valence-corrected chi connectivity index (χ3v) is 4.69. The summed E-state index contributed by atoms with van der Waals surface area (Å²) in [6, 6.07) is 8.39. The minimum atomic E-state index is 0.162. The second-order valence-electron chi connectivity index (χ2n) is 6.12. The summed E-state index contributed by atoms with van der Waals surface area (Å²) in [6.07, 6.45) is 4.60. The van der Waals surface area contributed by atoms with E-state index in [1.807, 2.05) is 19.2 Å². The smallest absolute Gasteiger partial charge is 0.228 e. The number of carbonyl (C=O) groups excluding carboxylic acids is 1. The van der Waals surface area contributed by atoms with Gasteiger partial charge in [-0.1, -0.05) is 24.6 Å². The van der Waals surface area contributed by atoms with Crippen molar-refractivity contribution in [3.05, 3.63) is 29.8 Å². The van der Waals surface area contributed by atoms with Crippen molar-refractivity contribution in [3.63, 3.8) is 0 Å². The molecule has 1 saturated heterocycles. The van der Waals surface area contributed by atoms with Gasteiger partial charge in [-0.15, -0.1) is 0 Å². The van der Waals surface area contributed by atoms with Gasteiger partial charge in [0.05, 0.1) is 0 Å². The van der Waals surface area contributed by atoms with Gasteiger partial charge in [-0.3, -0.25) is 4.79 Å². The highest BCUT2D eigenvalue weighted by Crippen LogP contribution is 2.33. The van der Waals surface area contributed by atoms with Gasteiger partial charge in [0.2, 0.25) is 5.91 Å². The topological polar surface area (TPSA) is 35.6 Å². The molecule has 3 rings (SSSR count). The van der Waals surface area contributed by atoms with Crippen LogP contribution in [-0.2, 0) is 4.79 Å². The Morgan fingerprint density at radius 3 is 2.76 bits per heavy atom. The van der Waals surface area contributed by atoms with Crippen molar-refractivity contribution in [1.29, 1.82) is 0 Å². The predicted octanol–water partition coefficient (Wildman–Crippen LogP) is 2.17. The Kier molecular flexibility index (Phi) is 4.56. The minimum Gasteiger partial charge on any atom is -0.315 e. The Hall–Kier alpha value is -1.39. The van der Waals surface area contributed by atoms with E-state index in [1.165, 1.54) is 37.9 Å². The zero-order valence-electron chi connectivity index (χ0n) is 12.8. The highest BCUT2D eigenvalue weighted by atomic mass is 16.2. The van der Waals surface area contributed by atoms with Crippen LogP contribution in [0.25, 0.3) is 0 Å². The number of amides is 1. The number of fused-ring (bicyclic) bond motifs is 1. The molecule has 2 aliphatic rings. The first-order valence-electron chi connectivity index (χ1n) is 8.07. The number of anilines is 1. The van der Waals surface area contributed by atoms with Gasteiger partial charge in [-0.05, 0) is 37.6 Å². The van der Waals surface area contributed by atoms with Crippen LogP contribution in [0.1, 0.15) is 37.3 Å². The minimum absolute atomic E-state index is 0.162. The van der Waals surface area contributed by atoms with Crippen LogP contribution >= 0.6 is 0 Å². The Labute approximate surface area is 127 Å². The molecule has 0 radical (unpaired) electrons. The molecule has 1 aromatic carbocycles. The largest absolute Gasteiger partial charge is 0.315 e. The van der Waals surface area contributed by atoms with E-state index in [0.717, 1.165) is 18.8 Å². The number of carbonyl (C=O) groups is 1. The predicted molar refractivity (Wildman–Crippen MR) is 85.5 cm³/mol. The summed E-state index contributed by atoms with van der Waals surface area (Å²) < 4.78 is 0. The van der Waals surface area contributed by atoms with E-state index in [1.54, 1.807) is 4.90 Å². The molecule has 1 atom stereocenters. The van der Waals surface area contributed by atoms with E-state index >= 15 is 0 Å². The number of piperidine rings is 1. The fourth-order valence-electron chi connectivity index (χ4n) is 3.41. The third kappa shape index (κ3) is 3.27. The maximum atomic E-state index is 12.1. The lowest BCUT2D eigenvalue weighted by Crippen LogP contribution is -2.41. The molecule has 0 spiro atoms. The zero-order chi connectivity index (χ0) is 14.7. The quantitative estimate of drug-likeness (QED) is 0.922. The third-order valence-electron chi connectivity index (χ3n) is 4.69. The first-order chi connectivity index (χ1) is 10.3. The van der Waals surface area contributed by atoms with Gasteiger partial charge in [0, 0.05) is 38.3 Å². The van der Waals surface area contributed by atoms with E-state index in [-0.39, 0.29) is 11.9 Å². The van der Waals surface area contributed by atoms with Crippen LogP contribution in [0.3, 0.4) is 0 Å². The van der Waals surface area contributed by atoms with Crippen molar-refractivity contribution in [1.82, 2.24) is 10.2 Å². The lowest BCUT2D eigenvalue weighted by molar-refractivity contribution is -0.119. The molecule has 1 aromatic rings. The molecule has 4 heteroatoms. The van der Waals surface area contributed by atoms with Gasteiger partial charge in [0.15, 0.2) is 0 Å². The molecule has 0 bridgehead atoms. The van der Waals surface area contributed by atoms with Crippen molar-refractivity contribution >= 4 is 11.6 Å². The summed E-state index contributed by atoms with van der Waals surface area (Å²) in [5, 5.41) is 3.59. The summed E-state index contributed by atoms with van der Waals surface area (Å²) in [7, 11) is 1.87. The number of nitrogens with zero attached hydrogens (tertiary/aromatic N) is 2. The molecule has 0 aliphatic carbocycles. The number of nitrogens with one attached hydrogen (secondary N) is 1. The van der Waals surface area contributed by atoms with E-state index in [0.29, 0.717) is 6.42 Å². The summed E-state index contributed by atoms with van der Waals surface area (Å²) in [5.74, 6) is 0.198. The molecule has 0 aromatic heterocycles. The number of rotatable bonds is 4. The monoisotopic (exact) mass is 287 g/mol. The molecule has 0 saturated carbocycles. The molecule has 1 N–H and O–H groups in total. The lowest BCUT2D eigenvalue weighted by atomic mass is 9.96. The normalized spacial score (nSPS) is 23.2. The number of hydrogen-bond acceptors (Lipinski definition) is 3. The van der Waals surface area contributed by atoms with Crippen LogP contribution < -0.4 is 10.2 Å². The summed E-state index contributed by atoms with van der Waals surface area (Å²) in [4.78, 5) is 16.4. The zero-order valence-corrected chi connectivity index (χ0v) is 12.8. The fourth-order valence-corrected chi connectivity index (χ4v) is 3.41. The molecule has 21 heavy (non-hydrogen) atoms.